The van der Waals surface area contributed by atoms with Crippen LogP contribution in [0.3, 0.4) is 0 Å². The van der Waals surface area contributed by atoms with Crippen molar-refractivity contribution in [3.05, 3.63) is 0 Å². The van der Waals surface area contributed by atoms with Crippen molar-refractivity contribution in [1.82, 2.24) is 0 Å². The van der Waals surface area contributed by atoms with E-state index >= 15 is 0 Å². The van der Waals surface area contributed by atoms with Gasteiger partial charge in [-0.1, -0.05) is 52.2 Å². The zero-order valence-corrected chi connectivity index (χ0v) is 12.5. The van der Waals surface area contributed by atoms with Crippen LogP contribution in [0.1, 0.15) is 33.1 Å². The van der Waals surface area contributed by atoms with E-state index in [1.807, 2.05) is 0 Å². The largest absolute Gasteiger partial charge is 1.00 e. The van der Waals surface area contributed by atoms with Gasteiger partial charge in [-0.25, -0.2) is 0 Å². The van der Waals surface area contributed by atoms with E-state index in [9.17, 15) is 0 Å². The van der Waals surface area contributed by atoms with E-state index in [4.69, 9.17) is 0 Å². The summed E-state index contributed by atoms with van der Waals surface area (Å²) in [6.45, 7) is 12.4. The molecule has 0 radical (unpaired) electrons. The van der Waals surface area contributed by atoms with Crippen molar-refractivity contribution in [2.75, 3.05) is 0 Å². The van der Waals surface area contributed by atoms with Gasteiger partial charge < -0.3 is 0 Å². The van der Waals surface area contributed by atoms with E-state index in [2.05, 4.69) is 33.5 Å². The Balaban J connectivity index is 0. The zero-order chi connectivity index (χ0) is 9.61. The van der Waals surface area contributed by atoms with E-state index in [0.717, 1.165) is 0 Å². The first-order valence-corrected chi connectivity index (χ1v) is 11.8. The molecule has 0 aromatic rings. The van der Waals surface area contributed by atoms with Crippen molar-refractivity contribution in [3.63, 3.8) is 0 Å². The van der Waals surface area contributed by atoms with Gasteiger partial charge in [-0.3, -0.25) is 8.31 Å². The minimum atomic E-state index is -0.747. The van der Waals surface area contributed by atoms with Crippen LogP contribution in [0.2, 0.25) is 31.7 Å². The number of hydrogen-bond donors (Lipinski definition) is 0. The number of unbranched alkanes of at least 4 members (excludes halogenated alkanes) is 1. The smallest absolute Gasteiger partial charge is 0.260 e. The van der Waals surface area contributed by atoms with Gasteiger partial charge in [0.15, 0.2) is 0 Å². The van der Waals surface area contributed by atoms with Crippen molar-refractivity contribution < 1.29 is 18.9 Å². The summed E-state index contributed by atoms with van der Waals surface area (Å²) in [5.41, 5.74) is 0. The van der Waals surface area contributed by atoms with Gasteiger partial charge >= 0.3 is 18.9 Å². The van der Waals surface area contributed by atoms with Gasteiger partial charge in [0, 0.05) is 0 Å². The van der Waals surface area contributed by atoms with Crippen LogP contribution in [0, 0.1) is 0 Å². The molecule has 0 spiro atoms. The van der Waals surface area contributed by atoms with Crippen LogP contribution < -0.4 is 18.9 Å². The second-order valence-corrected chi connectivity index (χ2v) is 17.5. The molecule has 0 saturated heterocycles. The Bertz CT molecular complexity index is 115. The molecule has 0 aromatic heterocycles. The van der Waals surface area contributed by atoms with Gasteiger partial charge in [0.1, 0.15) is 0 Å². The maximum atomic E-state index is 2.60. The maximum absolute atomic E-state index is 2.60. The summed E-state index contributed by atoms with van der Waals surface area (Å²) >= 11 is 0. The predicted molar refractivity (Wildman–Crippen MR) is 63.9 cm³/mol. The molecule has 0 unspecified atom stereocenters. The van der Waals surface area contributed by atoms with E-state index in [1.165, 1.54) is 19.3 Å². The summed E-state index contributed by atoms with van der Waals surface area (Å²) in [4.78, 5) is 0. The topological polar surface area (TPSA) is 0 Å². The summed E-state index contributed by atoms with van der Waals surface area (Å²) in [5, 5.41) is 0. The SMILES string of the molecule is CCCC[Si](C)(C)[Si-](C)CCC.[Li+]. The van der Waals surface area contributed by atoms with Crippen LogP contribution >= 0.6 is 0 Å². The van der Waals surface area contributed by atoms with Crippen molar-refractivity contribution in [2.24, 2.45) is 0 Å². The predicted octanol–water partition coefficient (Wildman–Crippen LogP) is 1.11. The van der Waals surface area contributed by atoms with Crippen LogP contribution in [0.4, 0.5) is 0 Å². The quantitative estimate of drug-likeness (QED) is 0.574. The van der Waals surface area contributed by atoms with Crippen molar-refractivity contribution in [1.29, 1.82) is 0 Å². The van der Waals surface area contributed by atoms with Gasteiger partial charge in [-0.05, 0) is 0 Å². The average molecular weight is 208 g/mol. The van der Waals surface area contributed by atoms with Gasteiger partial charge in [-0.2, -0.15) is 12.6 Å². The molecule has 13 heavy (non-hydrogen) atoms. The second-order valence-electron chi connectivity index (χ2n) is 4.52. The Labute approximate surface area is 99.5 Å². The standard InChI is InChI=1S/C10H25Si2.Li/c1-6-8-10-12(4,5)11(3)9-7-2;/h6-10H2,1-5H3;/q-1;+1. The van der Waals surface area contributed by atoms with Crippen LogP contribution in [0.15, 0.2) is 0 Å². The van der Waals surface area contributed by atoms with Gasteiger partial charge in [-0.15, -0.1) is 7.59 Å². The fourth-order valence-corrected chi connectivity index (χ4v) is 9.23. The van der Waals surface area contributed by atoms with E-state index in [1.54, 1.807) is 12.1 Å². The first-order valence-electron chi connectivity index (χ1n) is 5.37. The first-order chi connectivity index (χ1) is 5.54. The Hall–Kier alpha value is 1.03. The molecule has 0 amide bonds. The Morgan fingerprint density at radius 2 is 1.62 bits per heavy atom. The number of rotatable bonds is 6. The second kappa shape index (κ2) is 8.35. The molecule has 0 atom stereocenters. The summed E-state index contributed by atoms with van der Waals surface area (Å²) < 4.78 is 0. The average Bonchev–Trinajstić information content (AvgIpc) is 2.01. The molecule has 3 heteroatoms. The zero-order valence-electron chi connectivity index (χ0n) is 10.5. The maximum Gasteiger partial charge on any atom is 1.00 e. The molecular weight excluding hydrogens is 183 g/mol. The molecule has 0 bridgehead atoms. The van der Waals surface area contributed by atoms with Gasteiger partial charge in [0.25, 0.3) is 0 Å². The van der Waals surface area contributed by atoms with Gasteiger partial charge in [0.05, 0.1) is 0 Å². The molecule has 0 aliphatic rings. The van der Waals surface area contributed by atoms with Crippen LogP contribution in [-0.4, -0.2) is 15.9 Å². The van der Waals surface area contributed by atoms with Crippen molar-refractivity contribution in [3.8, 4) is 0 Å². The minimum Gasteiger partial charge on any atom is -0.260 e. The molecule has 0 saturated carbocycles. The molecule has 74 valence electrons. The summed E-state index contributed by atoms with van der Waals surface area (Å²) in [5.74, 6) is 0. The van der Waals surface area contributed by atoms with Crippen molar-refractivity contribution in [2.45, 2.75) is 64.8 Å². The Morgan fingerprint density at radius 1 is 1.08 bits per heavy atom. The third kappa shape index (κ3) is 7.02. The molecule has 0 N–H and O–H groups in total. The molecule has 0 aliphatic carbocycles. The van der Waals surface area contributed by atoms with E-state index < -0.39 is 7.59 Å². The van der Waals surface area contributed by atoms with E-state index in [0.29, 0.717) is 0 Å². The number of hydrogen-bond acceptors (Lipinski definition) is 0. The molecule has 0 aliphatic heterocycles. The molecule has 0 nitrogen and oxygen atoms in total. The minimum absolute atomic E-state index is 0. The monoisotopic (exact) mass is 208 g/mol. The van der Waals surface area contributed by atoms with Crippen LogP contribution in [-0.2, 0) is 0 Å². The molecule has 0 aromatic carbocycles. The van der Waals surface area contributed by atoms with Crippen molar-refractivity contribution >= 4 is 15.9 Å². The Morgan fingerprint density at radius 3 is 2.00 bits per heavy atom. The Kier molecular flexibility index (Phi) is 10.6. The van der Waals surface area contributed by atoms with E-state index in [-0.39, 0.29) is 27.2 Å². The fourth-order valence-electron chi connectivity index (χ4n) is 1.55. The summed E-state index contributed by atoms with van der Waals surface area (Å²) in [6, 6.07) is 3.13. The van der Waals surface area contributed by atoms with Crippen LogP contribution in [0.25, 0.3) is 0 Å². The molecule has 0 rings (SSSR count). The molecule has 0 heterocycles. The fraction of sp³-hybridized carbons (Fsp3) is 1.00. The first kappa shape index (κ1) is 16.5. The van der Waals surface area contributed by atoms with Gasteiger partial charge in [0.2, 0.25) is 0 Å². The summed E-state index contributed by atoms with van der Waals surface area (Å²) in [7, 11) is -0.697. The van der Waals surface area contributed by atoms with Crippen LogP contribution in [0.5, 0.6) is 0 Å². The molecule has 0 fully saturated rings. The summed E-state index contributed by atoms with van der Waals surface area (Å²) in [6.07, 6.45) is 4.27. The third-order valence-electron chi connectivity index (χ3n) is 2.94. The normalized spacial score (nSPS) is 11.5. The molecular formula is C10H25LiSi2. The third-order valence-corrected chi connectivity index (χ3v) is 16.5.